The predicted molar refractivity (Wildman–Crippen MR) is 116 cm³/mol. The summed E-state index contributed by atoms with van der Waals surface area (Å²) in [5.74, 6) is 0.0661. The fourth-order valence-corrected chi connectivity index (χ4v) is 5.53. The van der Waals surface area contributed by atoms with Gasteiger partial charge in [0, 0.05) is 12.1 Å². The Bertz CT molecular complexity index is 1200. The maximum atomic E-state index is 12.5. The minimum Gasteiger partial charge on any atom is -0.379 e. The van der Waals surface area contributed by atoms with Gasteiger partial charge >= 0.3 is 10.1 Å². The van der Waals surface area contributed by atoms with Crippen LogP contribution >= 0.6 is 22.9 Å². The first-order valence-electron chi connectivity index (χ1n) is 8.18. The van der Waals surface area contributed by atoms with Gasteiger partial charge in [0.05, 0.1) is 11.1 Å². The molecular formula is C19H16ClNO5S3. The molecule has 0 saturated carbocycles. The molecule has 3 rings (SSSR count). The van der Waals surface area contributed by atoms with Crippen molar-refractivity contribution in [1.29, 1.82) is 0 Å². The summed E-state index contributed by atoms with van der Waals surface area (Å²) in [5.41, 5.74) is 1.03. The Labute approximate surface area is 178 Å². The van der Waals surface area contributed by atoms with Crippen LogP contribution in [0, 0.1) is 0 Å². The van der Waals surface area contributed by atoms with E-state index in [0.29, 0.717) is 16.3 Å². The Morgan fingerprint density at radius 3 is 2.21 bits per heavy atom. The molecule has 0 saturated heterocycles. The number of anilines is 1. The van der Waals surface area contributed by atoms with Crippen LogP contribution in [0.5, 0.6) is 5.75 Å². The zero-order valence-electron chi connectivity index (χ0n) is 15.1. The molecule has 0 unspecified atom stereocenters. The lowest BCUT2D eigenvalue weighted by Crippen LogP contribution is -2.25. The van der Waals surface area contributed by atoms with Crippen molar-refractivity contribution < 1.29 is 21.0 Å². The quantitative estimate of drug-likeness (QED) is 0.472. The van der Waals surface area contributed by atoms with Crippen LogP contribution in [-0.2, 0) is 20.1 Å². The summed E-state index contributed by atoms with van der Waals surface area (Å²) in [6.45, 7) is 0. The van der Waals surface area contributed by atoms with Gasteiger partial charge in [-0.3, -0.25) is 4.31 Å². The van der Waals surface area contributed by atoms with Gasteiger partial charge in [-0.05, 0) is 59.5 Å². The van der Waals surface area contributed by atoms with E-state index in [2.05, 4.69) is 0 Å². The second-order valence-electron chi connectivity index (χ2n) is 5.83. The highest BCUT2D eigenvalue weighted by Gasteiger charge is 2.22. The Balaban J connectivity index is 1.72. The van der Waals surface area contributed by atoms with Crippen molar-refractivity contribution >= 4 is 54.8 Å². The first-order chi connectivity index (χ1) is 13.7. The molecule has 152 valence electrons. The second-order valence-corrected chi connectivity index (χ2v) is 10.8. The molecule has 1 heterocycles. The topological polar surface area (TPSA) is 80.8 Å². The summed E-state index contributed by atoms with van der Waals surface area (Å²) < 4.78 is 55.7. The summed E-state index contributed by atoms with van der Waals surface area (Å²) in [6, 6.07) is 15.5. The number of hydrogen-bond donors (Lipinski definition) is 0. The van der Waals surface area contributed by atoms with Gasteiger partial charge in [-0.25, -0.2) is 8.42 Å². The van der Waals surface area contributed by atoms with E-state index in [0.717, 1.165) is 21.1 Å². The number of halogens is 1. The van der Waals surface area contributed by atoms with E-state index in [9.17, 15) is 16.8 Å². The molecule has 10 heteroatoms. The third-order valence-electron chi connectivity index (χ3n) is 3.82. The van der Waals surface area contributed by atoms with Crippen molar-refractivity contribution in [2.75, 3.05) is 11.4 Å². The van der Waals surface area contributed by atoms with Crippen molar-refractivity contribution in [2.45, 2.75) is 4.21 Å². The lowest BCUT2D eigenvalue weighted by Gasteiger charge is -2.18. The fourth-order valence-electron chi connectivity index (χ4n) is 2.29. The molecule has 0 aliphatic heterocycles. The monoisotopic (exact) mass is 469 g/mol. The number of benzene rings is 2. The molecule has 0 radical (unpaired) electrons. The van der Waals surface area contributed by atoms with Crippen LogP contribution in [0.2, 0.25) is 5.02 Å². The highest BCUT2D eigenvalue weighted by atomic mass is 35.5. The highest BCUT2D eigenvalue weighted by molar-refractivity contribution is 7.94. The Hall–Kier alpha value is -2.33. The van der Waals surface area contributed by atoms with Crippen molar-refractivity contribution in [2.24, 2.45) is 0 Å². The lowest BCUT2D eigenvalue weighted by atomic mass is 10.2. The second kappa shape index (κ2) is 8.58. The minimum atomic E-state index is -3.98. The summed E-state index contributed by atoms with van der Waals surface area (Å²) in [5, 5.41) is 3.17. The third-order valence-corrected chi connectivity index (χ3v) is 8.12. The molecule has 0 spiro atoms. The number of thiophene rings is 1. The van der Waals surface area contributed by atoms with Crippen LogP contribution in [0.3, 0.4) is 0 Å². The van der Waals surface area contributed by atoms with Crippen LogP contribution < -0.4 is 8.49 Å². The molecule has 0 aliphatic rings. The molecule has 2 aromatic carbocycles. The highest BCUT2D eigenvalue weighted by Crippen LogP contribution is 2.27. The van der Waals surface area contributed by atoms with E-state index in [4.69, 9.17) is 15.8 Å². The van der Waals surface area contributed by atoms with Gasteiger partial charge in [0.15, 0.2) is 0 Å². The molecule has 0 amide bonds. The first-order valence-corrected chi connectivity index (χ1v) is 12.3. The van der Waals surface area contributed by atoms with Crippen molar-refractivity contribution in [3.63, 3.8) is 0 Å². The Morgan fingerprint density at radius 1 is 0.966 bits per heavy atom. The van der Waals surface area contributed by atoms with Gasteiger partial charge in [0.2, 0.25) is 0 Å². The van der Waals surface area contributed by atoms with Gasteiger partial charge in [-0.15, -0.1) is 11.3 Å². The maximum Gasteiger partial charge on any atom is 0.332 e. The molecule has 3 aromatic rings. The van der Waals surface area contributed by atoms with E-state index < -0.39 is 20.1 Å². The van der Waals surface area contributed by atoms with Crippen LogP contribution in [-0.4, -0.2) is 23.9 Å². The lowest BCUT2D eigenvalue weighted by molar-refractivity contribution is 0.497. The maximum absolute atomic E-state index is 12.5. The van der Waals surface area contributed by atoms with Crippen LogP contribution in [0.4, 0.5) is 5.69 Å². The summed E-state index contributed by atoms with van der Waals surface area (Å²) >= 11 is 6.91. The fraction of sp³-hybridized carbons (Fsp3) is 0.0526. The smallest absolute Gasteiger partial charge is 0.332 e. The Kier molecular flexibility index (Phi) is 6.33. The summed E-state index contributed by atoms with van der Waals surface area (Å²) in [7, 11) is -6.22. The van der Waals surface area contributed by atoms with E-state index in [-0.39, 0.29) is 9.96 Å². The van der Waals surface area contributed by atoms with Gasteiger partial charge < -0.3 is 4.18 Å². The van der Waals surface area contributed by atoms with E-state index in [1.807, 2.05) is 0 Å². The van der Waals surface area contributed by atoms with Gasteiger partial charge in [-0.2, -0.15) is 8.42 Å². The minimum absolute atomic E-state index is 0.0661. The molecule has 0 fully saturated rings. The molecular weight excluding hydrogens is 454 g/mol. The van der Waals surface area contributed by atoms with Crippen molar-refractivity contribution in [1.82, 2.24) is 0 Å². The average Bonchev–Trinajstić information content (AvgIpc) is 3.23. The summed E-state index contributed by atoms with van der Waals surface area (Å²) in [6.07, 6.45) is 1.39. The van der Waals surface area contributed by atoms with E-state index in [1.54, 1.807) is 35.7 Å². The standard InChI is InChI=1S/C19H16ClNO5S3/c1-21(29(24,25)19-3-2-13-27-19)17-8-10-18(11-9-17)26-28(22,23)14-12-15-4-6-16(20)7-5-15/h2-14H,1H3/b14-12+. The van der Waals surface area contributed by atoms with Gasteiger partial charge in [0.1, 0.15) is 9.96 Å². The molecule has 29 heavy (non-hydrogen) atoms. The summed E-state index contributed by atoms with van der Waals surface area (Å²) in [4.78, 5) is 0. The van der Waals surface area contributed by atoms with Crippen LogP contribution in [0.15, 0.2) is 75.7 Å². The van der Waals surface area contributed by atoms with Crippen molar-refractivity contribution in [3.05, 3.63) is 82.0 Å². The predicted octanol–water partition coefficient (Wildman–Crippen LogP) is 4.61. The largest absolute Gasteiger partial charge is 0.379 e. The molecule has 0 atom stereocenters. The number of nitrogens with zero attached hydrogens (tertiary/aromatic N) is 1. The SMILES string of the molecule is CN(c1ccc(OS(=O)(=O)/C=C/c2ccc(Cl)cc2)cc1)S(=O)(=O)c1cccs1. The van der Waals surface area contributed by atoms with E-state index >= 15 is 0 Å². The van der Waals surface area contributed by atoms with Crippen LogP contribution in [0.1, 0.15) is 5.56 Å². The zero-order valence-corrected chi connectivity index (χ0v) is 18.3. The first kappa shape index (κ1) is 21.4. The third kappa shape index (κ3) is 5.39. The molecule has 6 nitrogen and oxygen atoms in total. The number of sulfonamides is 1. The Morgan fingerprint density at radius 2 is 1.62 bits per heavy atom. The van der Waals surface area contributed by atoms with Crippen molar-refractivity contribution in [3.8, 4) is 5.75 Å². The molecule has 0 bridgehead atoms. The van der Waals surface area contributed by atoms with Gasteiger partial charge in [-0.1, -0.05) is 29.8 Å². The van der Waals surface area contributed by atoms with Gasteiger partial charge in [0.25, 0.3) is 10.0 Å². The molecule has 1 aromatic heterocycles. The zero-order chi connectivity index (χ0) is 21.1. The number of rotatable bonds is 7. The molecule has 0 aliphatic carbocycles. The normalized spacial score (nSPS) is 12.2. The van der Waals surface area contributed by atoms with Crippen LogP contribution in [0.25, 0.3) is 6.08 Å². The molecule has 0 N–H and O–H groups in total. The van der Waals surface area contributed by atoms with E-state index in [1.165, 1.54) is 43.5 Å². The average molecular weight is 470 g/mol. The number of hydrogen-bond acceptors (Lipinski definition) is 6.